The molecule has 1 amide bonds. The summed E-state index contributed by atoms with van der Waals surface area (Å²) in [6, 6.07) is 4.15. The van der Waals surface area contributed by atoms with E-state index in [1.165, 1.54) is 18.2 Å². The second-order valence-electron chi connectivity index (χ2n) is 2.98. The van der Waals surface area contributed by atoms with E-state index in [9.17, 15) is 9.90 Å². The molecule has 0 unspecified atom stereocenters. The van der Waals surface area contributed by atoms with E-state index in [2.05, 4.69) is 10.1 Å². The molecular weight excluding hydrogens is 312 g/mol. The van der Waals surface area contributed by atoms with Crippen LogP contribution in [0.25, 0.3) is 0 Å². The second-order valence-corrected chi connectivity index (χ2v) is 5.93. The smallest absolute Gasteiger partial charge is 0.411 e. The molecule has 1 aromatic carbocycles. The normalized spacial score (nSPS) is 11.1. The van der Waals surface area contributed by atoms with E-state index in [0.29, 0.717) is 5.02 Å². The van der Waals surface area contributed by atoms with Crippen LogP contribution in [0.2, 0.25) is 5.02 Å². The first kappa shape index (κ1) is 14.5. The highest BCUT2D eigenvalue weighted by atomic mass is 35.6. The molecule has 0 aromatic heterocycles. The van der Waals surface area contributed by atoms with Gasteiger partial charge >= 0.3 is 6.09 Å². The number of aromatic hydroxyl groups is 1. The Hall–Kier alpha value is -0.550. The zero-order valence-electron chi connectivity index (χ0n) is 8.21. The van der Waals surface area contributed by atoms with Gasteiger partial charge in [0, 0.05) is 5.02 Å². The number of amides is 1. The maximum absolute atomic E-state index is 11.3. The highest BCUT2D eigenvalue weighted by Crippen LogP contribution is 2.28. The number of hydrogen-bond acceptors (Lipinski definition) is 3. The fourth-order valence-electron chi connectivity index (χ4n) is 0.902. The van der Waals surface area contributed by atoms with Crippen molar-refractivity contribution >= 4 is 58.2 Å². The van der Waals surface area contributed by atoms with Crippen LogP contribution in [-0.4, -0.2) is 21.6 Å². The molecule has 4 nitrogen and oxygen atoms in total. The lowest BCUT2D eigenvalue weighted by molar-refractivity contribution is 0.164. The Kier molecular flexibility index (Phi) is 5.01. The number of halogens is 4. The minimum atomic E-state index is -1.69. The quantitative estimate of drug-likeness (QED) is 0.641. The fraction of sp³-hybridized carbons (Fsp3) is 0.222. The van der Waals surface area contributed by atoms with Crippen molar-refractivity contribution < 1.29 is 14.6 Å². The van der Waals surface area contributed by atoms with Crippen molar-refractivity contribution in [3.05, 3.63) is 23.2 Å². The fourth-order valence-corrected chi connectivity index (χ4v) is 1.24. The number of carbonyl (C=O) groups excluding carboxylic acids is 1. The summed E-state index contributed by atoms with van der Waals surface area (Å²) in [5.41, 5.74) is 0.104. The maximum Gasteiger partial charge on any atom is 0.411 e. The zero-order chi connectivity index (χ0) is 13.1. The number of benzene rings is 1. The number of carbonyl (C=O) groups is 1. The summed E-state index contributed by atoms with van der Waals surface area (Å²) in [7, 11) is 0. The van der Waals surface area contributed by atoms with Gasteiger partial charge in [0.05, 0.1) is 5.69 Å². The van der Waals surface area contributed by atoms with Gasteiger partial charge in [0.25, 0.3) is 0 Å². The van der Waals surface area contributed by atoms with Crippen molar-refractivity contribution in [1.82, 2.24) is 0 Å². The van der Waals surface area contributed by atoms with E-state index in [4.69, 9.17) is 46.4 Å². The van der Waals surface area contributed by atoms with Crippen LogP contribution < -0.4 is 5.32 Å². The summed E-state index contributed by atoms with van der Waals surface area (Å²) < 4.78 is 2.92. The molecule has 0 aliphatic carbocycles. The van der Waals surface area contributed by atoms with E-state index < -0.39 is 16.5 Å². The lowest BCUT2D eigenvalue weighted by Gasteiger charge is -2.12. The van der Waals surface area contributed by atoms with Crippen molar-refractivity contribution in [3.8, 4) is 5.75 Å². The van der Waals surface area contributed by atoms with E-state index in [-0.39, 0.29) is 11.4 Å². The summed E-state index contributed by atoms with van der Waals surface area (Å²) in [5.74, 6) is -0.153. The first-order chi connectivity index (χ1) is 7.78. The van der Waals surface area contributed by atoms with Gasteiger partial charge in [0.2, 0.25) is 3.79 Å². The predicted octanol–water partition coefficient (Wildman–Crippen LogP) is 3.96. The first-order valence-electron chi connectivity index (χ1n) is 4.27. The third kappa shape index (κ3) is 5.55. The average molecular weight is 319 g/mol. The van der Waals surface area contributed by atoms with Gasteiger partial charge in [-0.1, -0.05) is 46.4 Å². The largest absolute Gasteiger partial charge is 0.506 e. The van der Waals surface area contributed by atoms with E-state index >= 15 is 0 Å². The highest BCUT2D eigenvalue weighted by molar-refractivity contribution is 6.67. The molecule has 0 aliphatic heterocycles. The summed E-state index contributed by atoms with van der Waals surface area (Å²) in [4.78, 5) is 11.3. The molecule has 0 saturated carbocycles. The number of anilines is 1. The third-order valence-corrected chi connectivity index (χ3v) is 2.12. The van der Waals surface area contributed by atoms with Crippen LogP contribution in [-0.2, 0) is 4.74 Å². The first-order valence-corrected chi connectivity index (χ1v) is 5.78. The predicted molar refractivity (Wildman–Crippen MR) is 68.4 cm³/mol. The number of phenols is 1. The Morgan fingerprint density at radius 2 is 2.06 bits per heavy atom. The van der Waals surface area contributed by atoms with Crippen molar-refractivity contribution in [2.75, 3.05) is 11.9 Å². The van der Waals surface area contributed by atoms with Gasteiger partial charge in [-0.15, -0.1) is 0 Å². The molecule has 0 saturated heterocycles. The molecule has 0 bridgehead atoms. The monoisotopic (exact) mass is 317 g/mol. The van der Waals surface area contributed by atoms with Crippen molar-refractivity contribution in [2.45, 2.75) is 3.79 Å². The van der Waals surface area contributed by atoms with Gasteiger partial charge in [-0.3, -0.25) is 5.32 Å². The zero-order valence-corrected chi connectivity index (χ0v) is 11.2. The van der Waals surface area contributed by atoms with E-state index in [1.807, 2.05) is 0 Å². The van der Waals surface area contributed by atoms with Gasteiger partial charge in [-0.2, -0.15) is 0 Å². The molecular formula is C9H7Cl4NO3. The van der Waals surface area contributed by atoms with Gasteiger partial charge < -0.3 is 9.84 Å². The summed E-state index contributed by atoms with van der Waals surface area (Å²) >= 11 is 21.9. The molecule has 0 aliphatic rings. The van der Waals surface area contributed by atoms with Crippen LogP contribution in [0.1, 0.15) is 0 Å². The van der Waals surface area contributed by atoms with Crippen LogP contribution in [0.3, 0.4) is 0 Å². The molecule has 94 valence electrons. The SMILES string of the molecule is O=C(Nc1cc(Cl)ccc1O)OCC(Cl)(Cl)Cl. The molecule has 0 fully saturated rings. The molecule has 17 heavy (non-hydrogen) atoms. The van der Waals surface area contributed by atoms with Crippen LogP contribution in [0, 0.1) is 0 Å². The third-order valence-electron chi connectivity index (χ3n) is 1.56. The maximum atomic E-state index is 11.3. The molecule has 1 rings (SSSR count). The molecule has 0 spiro atoms. The minimum Gasteiger partial charge on any atom is -0.506 e. The Morgan fingerprint density at radius 1 is 1.41 bits per heavy atom. The Bertz CT molecular complexity index is 419. The Labute approximate surface area is 117 Å². The van der Waals surface area contributed by atoms with Gasteiger partial charge in [0.15, 0.2) is 0 Å². The van der Waals surface area contributed by atoms with E-state index in [0.717, 1.165) is 0 Å². The average Bonchev–Trinajstić information content (AvgIpc) is 2.20. The van der Waals surface area contributed by atoms with Gasteiger partial charge in [-0.05, 0) is 18.2 Å². The molecule has 8 heteroatoms. The lowest BCUT2D eigenvalue weighted by Crippen LogP contribution is -2.21. The van der Waals surface area contributed by atoms with Crippen LogP contribution >= 0.6 is 46.4 Å². The van der Waals surface area contributed by atoms with E-state index in [1.54, 1.807) is 0 Å². The van der Waals surface area contributed by atoms with Crippen LogP contribution in [0.5, 0.6) is 5.75 Å². The lowest BCUT2D eigenvalue weighted by atomic mass is 10.3. The minimum absolute atomic E-state index is 0.104. The van der Waals surface area contributed by atoms with Gasteiger partial charge in [0.1, 0.15) is 12.4 Å². The van der Waals surface area contributed by atoms with Crippen LogP contribution in [0.4, 0.5) is 10.5 Å². The van der Waals surface area contributed by atoms with Crippen molar-refractivity contribution in [3.63, 3.8) is 0 Å². The number of phenolic OH excluding ortho intramolecular Hbond substituents is 1. The van der Waals surface area contributed by atoms with Crippen molar-refractivity contribution in [1.29, 1.82) is 0 Å². The van der Waals surface area contributed by atoms with Crippen molar-refractivity contribution in [2.24, 2.45) is 0 Å². The number of hydrogen-bond donors (Lipinski definition) is 2. The topological polar surface area (TPSA) is 58.6 Å². The summed E-state index contributed by atoms with van der Waals surface area (Å²) in [5, 5.41) is 12.0. The second kappa shape index (κ2) is 5.87. The summed E-state index contributed by atoms with van der Waals surface area (Å²) in [6.07, 6.45) is -0.867. The number of alkyl halides is 3. The standard InChI is InChI=1S/C9H7Cl4NO3/c10-5-1-2-7(15)6(3-5)14-8(16)17-4-9(11,12)13/h1-3,15H,4H2,(H,14,16). The molecule has 2 N–H and O–H groups in total. The molecule has 1 aromatic rings. The highest BCUT2D eigenvalue weighted by Gasteiger charge is 2.22. The summed E-state index contributed by atoms with van der Waals surface area (Å²) in [6.45, 7) is -0.412. The number of rotatable bonds is 2. The number of ether oxygens (including phenoxy) is 1. The molecule has 0 heterocycles. The number of nitrogens with one attached hydrogen (secondary N) is 1. The Morgan fingerprint density at radius 3 is 2.65 bits per heavy atom. The van der Waals surface area contributed by atoms with Crippen LogP contribution in [0.15, 0.2) is 18.2 Å². The Balaban J connectivity index is 2.59. The molecule has 0 radical (unpaired) electrons. The molecule has 0 atom stereocenters. The van der Waals surface area contributed by atoms with Gasteiger partial charge in [-0.25, -0.2) is 4.79 Å².